The molecule has 0 saturated carbocycles. The van der Waals surface area contributed by atoms with E-state index in [2.05, 4.69) is 45.0 Å². The highest BCUT2D eigenvalue weighted by Gasteiger charge is 2.11. The Morgan fingerprint density at radius 1 is 1.26 bits per heavy atom. The molecule has 4 heteroatoms. The molecule has 1 aromatic heterocycles. The van der Waals surface area contributed by atoms with Crippen LogP contribution in [-0.2, 0) is 0 Å². The topological polar surface area (TPSA) is 39.1 Å². The van der Waals surface area contributed by atoms with E-state index in [0.29, 0.717) is 12.0 Å². The number of nitrogens with zero attached hydrogens (tertiary/aromatic N) is 2. The summed E-state index contributed by atoms with van der Waals surface area (Å²) in [4.78, 5) is 0. The van der Waals surface area contributed by atoms with E-state index in [1.807, 2.05) is 17.1 Å². The monoisotopic (exact) mass is 267 g/mol. The van der Waals surface area contributed by atoms with Crippen LogP contribution in [0.2, 0.25) is 0 Å². The van der Waals surface area contributed by atoms with Crippen LogP contribution in [0.5, 0.6) is 5.75 Å². The van der Waals surface area contributed by atoms with Crippen LogP contribution in [0.4, 0.5) is 0 Å². The minimum Gasteiger partial charge on any atom is -0.486 e. The fraction of sp³-hybridized carbons (Fsp3) is 0.800. The van der Waals surface area contributed by atoms with Gasteiger partial charge in [0.15, 0.2) is 5.75 Å². The highest BCUT2D eigenvalue weighted by atomic mass is 16.5. The van der Waals surface area contributed by atoms with Gasteiger partial charge in [-0.3, -0.25) is 4.68 Å². The van der Waals surface area contributed by atoms with Crippen molar-refractivity contribution in [2.45, 2.75) is 59.6 Å². The zero-order valence-corrected chi connectivity index (χ0v) is 13.0. The van der Waals surface area contributed by atoms with E-state index in [-0.39, 0.29) is 6.10 Å². The average molecular weight is 267 g/mol. The largest absolute Gasteiger partial charge is 0.486 e. The van der Waals surface area contributed by atoms with Gasteiger partial charge in [-0.1, -0.05) is 27.2 Å². The summed E-state index contributed by atoms with van der Waals surface area (Å²) in [7, 11) is 0. The molecule has 4 nitrogen and oxygen atoms in total. The first-order valence-corrected chi connectivity index (χ1v) is 7.44. The smallest absolute Gasteiger partial charge is 0.157 e. The molecule has 1 aromatic rings. The molecule has 0 radical (unpaired) electrons. The van der Waals surface area contributed by atoms with Crippen molar-refractivity contribution in [3.8, 4) is 5.75 Å². The SMILES string of the molecule is CCCC(CNCC(C)C)Oc1cnn(C(C)C)c1. The van der Waals surface area contributed by atoms with Crippen LogP contribution >= 0.6 is 0 Å². The minimum absolute atomic E-state index is 0.230. The number of hydrogen-bond donors (Lipinski definition) is 1. The van der Waals surface area contributed by atoms with E-state index >= 15 is 0 Å². The van der Waals surface area contributed by atoms with Crippen molar-refractivity contribution < 1.29 is 4.74 Å². The Morgan fingerprint density at radius 3 is 2.53 bits per heavy atom. The second kappa shape index (κ2) is 8.20. The fourth-order valence-corrected chi connectivity index (χ4v) is 1.91. The highest BCUT2D eigenvalue weighted by molar-refractivity contribution is 5.12. The third-order valence-electron chi connectivity index (χ3n) is 2.94. The zero-order valence-electron chi connectivity index (χ0n) is 13.0. The lowest BCUT2D eigenvalue weighted by Crippen LogP contribution is -2.33. The molecule has 0 aromatic carbocycles. The molecule has 0 spiro atoms. The van der Waals surface area contributed by atoms with E-state index in [4.69, 9.17) is 4.74 Å². The predicted octanol–water partition coefficient (Wildman–Crippen LogP) is 3.26. The Morgan fingerprint density at radius 2 is 2.00 bits per heavy atom. The molecule has 0 saturated heterocycles. The van der Waals surface area contributed by atoms with Crippen LogP contribution in [0.1, 0.15) is 53.5 Å². The molecule has 19 heavy (non-hydrogen) atoms. The zero-order chi connectivity index (χ0) is 14.3. The Balaban J connectivity index is 2.46. The lowest BCUT2D eigenvalue weighted by molar-refractivity contribution is 0.185. The van der Waals surface area contributed by atoms with Gasteiger partial charge in [0.1, 0.15) is 6.10 Å². The summed E-state index contributed by atoms with van der Waals surface area (Å²) in [5.41, 5.74) is 0. The lowest BCUT2D eigenvalue weighted by atomic mass is 10.2. The van der Waals surface area contributed by atoms with Crippen LogP contribution < -0.4 is 10.1 Å². The van der Waals surface area contributed by atoms with Crippen LogP contribution in [0.15, 0.2) is 12.4 Å². The summed E-state index contributed by atoms with van der Waals surface area (Å²) in [6.07, 6.45) is 6.22. The summed E-state index contributed by atoms with van der Waals surface area (Å²) in [5, 5.41) is 7.78. The molecule has 0 bridgehead atoms. The molecule has 0 amide bonds. The first-order valence-electron chi connectivity index (χ1n) is 7.44. The average Bonchev–Trinajstić information content (AvgIpc) is 2.77. The number of aromatic nitrogens is 2. The Hall–Kier alpha value is -1.03. The summed E-state index contributed by atoms with van der Waals surface area (Å²) in [6, 6.07) is 0.376. The van der Waals surface area contributed by atoms with E-state index in [0.717, 1.165) is 31.7 Å². The quantitative estimate of drug-likeness (QED) is 0.746. The molecule has 0 aliphatic heterocycles. The molecule has 110 valence electrons. The maximum atomic E-state index is 6.02. The van der Waals surface area contributed by atoms with Gasteiger partial charge in [0.25, 0.3) is 0 Å². The molecule has 1 unspecified atom stereocenters. The molecule has 0 aliphatic carbocycles. The van der Waals surface area contributed by atoms with Gasteiger partial charge >= 0.3 is 0 Å². The molecule has 1 N–H and O–H groups in total. The van der Waals surface area contributed by atoms with Gasteiger partial charge in [-0.15, -0.1) is 0 Å². The summed E-state index contributed by atoms with van der Waals surface area (Å²) >= 11 is 0. The third kappa shape index (κ3) is 6.10. The van der Waals surface area contributed by atoms with Crippen molar-refractivity contribution in [1.29, 1.82) is 0 Å². The van der Waals surface area contributed by atoms with Gasteiger partial charge in [0, 0.05) is 12.6 Å². The van der Waals surface area contributed by atoms with Gasteiger partial charge in [0.2, 0.25) is 0 Å². The Bertz CT molecular complexity index is 347. The van der Waals surface area contributed by atoms with E-state index in [9.17, 15) is 0 Å². The maximum absolute atomic E-state index is 6.02. The summed E-state index contributed by atoms with van der Waals surface area (Å²) in [6.45, 7) is 12.8. The second-order valence-electron chi connectivity index (χ2n) is 5.83. The van der Waals surface area contributed by atoms with Crippen LogP contribution in [-0.4, -0.2) is 29.0 Å². The second-order valence-corrected chi connectivity index (χ2v) is 5.83. The van der Waals surface area contributed by atoms with Crippen molar-refractivity contribution in [1.82, 2.24) is 15.1 Å². The Kier molecular flexibility index (Phi) is 6.92. The van der Waals surface area contributed by atoms with Crippen LogP contribution in [0.3, 0.4) is 0 Å². The molecule has 1 atom stereocenters. The van der Waals surface area contributed by atoms with Crippen molar-refractivity contribution in [3.63, 3.8) is 0 Å². The summed E-state index contributed by atoms with van der Waals surface area (Å²) < 4.78 is 7.95. The van der Waals surface area contributed by atoms with Gasteiger partial charge in [-0.05, 0) is 32.7 Å². The normalized spacial score (nSPS) is 13.2. The Labute approximate surface area is 117 Å². The molecule has 0 fully saturated rings. The van der Waals surface area contributed by atoms with Crippen molar-refractivity contribution in [3.05, 3.63) is 12.4 Å². The first kappa shape index (κ1) is 16.0. The van der Waals surface area contributed by atoms with Gasteiger partial charge in [-0.2, -0.15) is 5.10 Å². The van der Waals surface area contributed by atoms with Gasteiger partial charge in [-0.25, -0.2) is 0 Å². The van der Waals surface area contributed by atoms with Gasteiger partial charge < -0.3 is 10.1 Å². The predicted molar refractivity (Wildman–Crippen MR) is 79.6 cm³/mol. The molecular formula is C15H29N3O. The number of hydrogen-bond acceptors (Lipinski definition) is 3. The van der Waals surface area contributed by atoms with Crippen molar-refractivity contribution >= 4 is 0 Å². The van der Waals surface area contributed by atoms with E-state index < -0.39 is 0 Å². The van der Waals surface area contributed by atoms with Crippen molar-refractivity contribution in [2.24, 2.45) is 5.92 Å². The highest BCUT2D eigenvalue weighted by Crippen LogP contribution is 2.15. The van der Waals surface area contributed by atoms with Crippen molar-refractivity contribution in [2.75, 3.05) is 13.1 Å². The maximum Gasteiger partial charge on any atom is 0.157 e. The third-order valence-corrected chi connectivity index (χ3v) is 2.94. The summed E-state index contributed by atoms with van der Waals surface area (Å²) in [5.74, 6) is 1.55. The number of ether oxygens (including phenoxy) is 1. The lowest BCUT2D eigenvalue weighted by Gasteiger charge is -2.18. The van der Waals surface area contributed by atoms with Gasteiger partial charge in [0.05, 0.1) is 12.4 Å². The fourth-order valence-electron chi connectivity index (χ4n) is 1.91. The van der Waals surface area contributed by atoms with E-state index in [1.165, 1.54) is 0 Å². The standard InChI is InChI=1S/C15H29N3O/c1-6-7-14(9-16-8-12(2)3)19-15-10-17-18(11-15)13(4)5/h10-14,16H,6-9H2,1-5H3. The molecule has 1 heterocycles. The van der Waals surface area contributed by atoms with E-state index in [1.54, 1.807) is 0 Å². The first-order chi connectivity index (χ1) is 9.02. The van der Waals surface area contributed by atoms with Crippen LogP contribution in [0.25, 0.3) is 0 Å². The molecular weight excluding hydrogens is 238 g/mol. The van der Waals surface area contributed by atoms with Crippen LogP contribution in [0, 0.1) is 5.92 Å². The minimum atomic E-state index is 0.230. The number of nitrogens with one attached hydrogen (secondary N) is 1. The molecule has 1 rings (SSSR count). The number of rotatable bonds is 9. The molecule has 0 aliphatic rings.